The molecular weight excluding hydrogens is 945 g/mol. The third kappa shape index (κ3) is 10.9. The predicted octanol–water partition coefficient (Wildman–Crippen LogP) is 4.65. The van der Waals surface area contributed by atoms with Gasteiger partial charge in [-0.05, 0) is 88.5 Å². The van der Waals surface area contributed by atoms with Crippen LogP contribution in [0.15, 0.2) is 78.9 Å². The van der Waals surface area contributed by atoms with Crippen LogP contribution in [0.1, 0.15) is 58.3 Å². The van der Waals surface area contributed by atoms with Crippen molar-refractivity contribution in [3.05, 3.63) is 107 Å². The number of phenolic OH excluding ortho intramolecular Hbond substituents is 2. The van der Waals surface area contributed by atoms with E-state index in [0.29, 0.717) is 35.5 Å². The van der Waals surface area contributed by atoms with Gasteiger partial charge in [-0.25, -0.2) is 0 Å². The monoisotopic (exact) mass is 1010 g/mol. The summed E-state index contributed by atoms with van der Waals surface area (Å²) in [7, 11) is 9.94. The molecule has 20 heteroatoms. The Balaban J connectivity index is 1.06. The van der Waals surface area contributed by atoms with E-state index in [0.717, 1.165) is 0 Å². The number of aromatic hydroxyl groups is 2. The lowest BCUT2D eigenvalue weighted by molar-refractivity contribution is -0.00349. The van der Waals surface area contributed by atoms with Crippen molar-refractivity contribution in [1.82, 2.24) is 0 Å². The summed E-state index contributed by atoms with van der Waals surface area (Å²) in [5.74, 6) is 1.28. The summed E-state index contributed by atoms with van der Waals surface area (Å²) in [6.07, 6.45) is -8.63. The number of ether oxygens (including phenoxy) is 12. The first-order valence-corrected chi connectivity index (χ1v) is 22.8. The van der Waals surface area contributed by atoms with Gasteiger partial charge in [0.15, 0.2) is 75.8 Å². The van der Waals surface area contributed by atoms with Crippen LogP contribution in [0.3, 0.4) is 0 Å². The van der Waals surface area contributed by atoms with E-state index in [1.165, 1.54) is 104 Å². The van der Waals surface area contributed by atoms with Crippen molar-refractivity contribution in [2.45, 2.75) is 48.8 Å². The molecule has 0 aromatic heterocycles. The van der Waals surface area contributed by atoms with Crippen molar-refractivity contribution < 1.29 is 97.7 Å². The van der Waals surface area contributed by atoms with E-state index in [2.05, 4.69) is 0 Å². The van der Waals surface area contributed by atoms with E-state index in [1.54, 1.807) is 24.3 Å². The summed E-state index contributed by atoms with van der Waals surface area (Å²) in [6.45, 7) is -1.17. The maximum atomic E-state index is 11.6. The number of hydrogen-bond donors (Lipinski definition) is 8. The van der Waals surface area contributed by atoms with Crippen LogP contribution in [0.25, 0.3) is 0 Å². The van der Waals surface area contributed by atoms with E-state index in [-0.39, 0.29) is 86.4 Å². The largest absolute Gasteiger partial charge is 0.504 e. The predicted molar refractivity (Wildman–Crippen MR) is 255 cm³/mol. The molecule has 5 aromatic rings. The highest BCUT2D eigenvalue weighted by molar-refractivity contribution is 5.57. The minimum Gasteiger partial charge on any atom is -0.504 e. The SMILES string of the molecule is COc1cc(C(O)C(CO)Oc2ccc(C(O)C(CO)Oc3c(OC)cc(C4OCC5C(c6cc(OC)c(OC(CO)C(O)c7ccc(O)c(OC)c7)c(OC)c6)OCC45)cc3OC)cc2OC)ccc1O. The van der Waals surface area contributed by atoms with Gasteiger partial charge in [0.2, 0.25) is 11.5 Å². The number of methoxy groups -OCH3 is 7. The van der Waals surface area contributed by atoms with E-state index < -0.39 is 68.7 Å². The maximum Gasteiger partial charge on any atom is 0.204 e. The van der Waals surface area contributed by atoms with Crippen molar-refractivity contribution in [2.75, 3.05) is 82.8 Å². The highest BCUT2D eigenvalue weighted by Crippen LogP contribution is 2.54. The Morgan fingerprint density at radius 3 is 1.07 bits per heavy atom. The van der Waals surface area contributed by atoms with Crippen LogP contribution in [0.2, 0.25) is 0 Å². The molecule has 5 aromatic carbocycles. The molecular formula is C52H62O20. The minimum atomic E-state index is -1.43. The molecule has 2 aliphatic heterocycles. The number of aliphatic hydroxyl groups is 6. The molecule has 2 fully saturated rings. The van der Waals surface area contributed by atoms with Crippen molar-refractivity contribution in [1.29, 1.82) is 0 Å². The van der Waals surface area contributed by atoms with Gasteiger partial charge in [-0.1, -0.05) is 18.2 Å². The normalized spacial score (nSPS) is 19.7. The number of benzene rings is 5. The van der Waals surface area contributed by atoms with Crippen molar-refractivity contribution >= 4 is 0 Å². The fraction of sp³-hybridized carbons (Fsp3) is 0.423. The Morgan fingerprint density at radius 1 is 0.417 bits per heavy atom. The van der Waals surface area contributed by atoms with Crippen LogP contribution in [0.4, 0.5) is 0 Å². The van der Waals surface area contributed by atoms with Crippen molar-refractivity contribution in [3.63, 3.8) is 0 Å². The molecule has 10 atom stereocenters. The second-order valence-corrected chi connectivity index (χ2v) is 17.0. The van der Waals surface area contributed by atoms with Crippen molar-refractivity contribution in [3.8, 4) is 69.0 Å². The van der Waals surface area contributed by atoms with Gasteiger partial charge in [0.05, 0.1) is 95.0 Å². The Labute approximate surface area is 415 Å². The van der Waals surface area contributed by atoms with E-state index in [1.807, 2.05) is 0 Å². The summed E-state index contributed by atoms with van der Waals surface area (Å²) >= 11 is 0. The molecule has 2 saturated heterocycles. The van der Waals surface area contributed by atoms with E-state index >= 15 is 0 Å². The van der Waals surface area contributed by atoms with E-state index in [4.69, 9.17) is 56.8 Å². The van der Waals surface area contributed by atoms with Crippen LogP contribution in [-0.2, 0) is 9.47 Å². The molecule has 72 heavy (non-hydrogen) atoms. The summed E-state index contributed by atoms with van der Waals surface area (Å²) < 4.78 is 70.3. The number of aliphatic hydroxyl groups excluding tert-OH is 6. The number of hydrogen-bond acceptors (Lipinski definition) is 20. The Hall–Kier alpha value is -6.62. The van der Waals surface area contributed by atoms with Gasteiger partial charge in [0.25, 0.3) is 0 Å². The number of fused-ring (bicyclic) bond motifs is 1. The summed E-state index contributed by atoms with van der Waals surface area (Å²) in [5, 5.41) is 85.0. The maximum absolute atomic E-state index is 11.6. The third-order valence-corrected chi connectivity index (χ3v) is 12.9. The average Bonchev–Trinajstić information content (AvgIpc) is 4.03. The number of phenols is 2. The molecule has 0 amide bonds. The zero-order chi connectivity index (χ0) is 51.8. The Bertz CT molecular complexity index is 2560. The van der Waals surface area contributed by atoms with Gasteiger partial charge in [0.1, 0.15) is 18.3 Å². The standard InChI is InChI=1S/C52H62O20/c1-61-36-14-26(8-11-33(36)56)46(58)43(21-53)70-35-13-10-28(16-38(35)63-3)48(60)45(23-55)72-52-41(66-6)19-30(20-42(52)67-7)50-32-25-68-49(31(32)24-69-50)29-17-39(64-4)51(40(18-29)65-5)71-44(22-54)47(59)27-9-12-34(57)37(15-27)62-2/h8-20,31-32,43-50,53-60H,21-25H2,1-7H3. The van der Waals surface area contributed by atoms with Crippen molar-refractivity contribution in [2.24, 2.45) is 11.8 Å². The smallest absolute Gasteiger partial charge is 0.204 e. The number of rotatable bonds is 24. The fourth-order valence-corrected chi connectivity index (χ4v) is 9.03. The van der Waals surface area contributed by atoms with E-state index in [9.17, 15) is 40.9 Å². The van der Waals surface area contributed by atoms with Gasteiger partial charge in [-0.2, -0.15) is 0 Å². The quantitative estimate of drug-likeness (QED) is 0.0418. The first-order valence-electron chi connectivity index (χ1n) is 22.8. The lowest BCUT2D eigenvalue weighted by Crippen LogP contribution is -2.30. The summed E-state index contributed by atoms with van der Waals surface area (Å²) in [5.41, 5.74) is 2.33. The molecule has 7 rings (SSSR count). The molecule has 0 saturated carbocycles. The van der Waals surface area contributed by atoms with Gasteiger partial charge in [-0.3, -0.25) is 0 Å². The molecule has 0 aliphatic carbocycles. The lowest BCUT2D eigenvalue weighted by Gasteiger charge is -2.27. The molecule has 2 heterocycles. The van der Waals surface area contributed by atoms with Crippen LogP contribution < -0.4 is 47.4 Å². The zero-order valence-electron chi connectivity index (χ0n) is 40.8. The topological polar surface area (TPSA) is 273 Å². The highest BCUT2D eigenvalue weighted by atomic mass is 16.6. The summed E-state index contributed by atoms with van der Waals surface area (Å²) in [6, 6.07) is 20.0. The fourth-order valence-electron chi connectivity index (χ4n) is 9.03. The zero-order valence-corrected chi connectivity index (χ0v) is 40.8. The highest BCUT2D eigenvalue weighted by Gasteiger charge is 2.49. The minimum absolute atomic E-state index is 0.106. The third-order valence-electron chi connectivity index (χ3n) is 12.9. The lowest BCUT2D eigenvalue weighted by atomic mass is 9.84. The summed E-state index contributed by atoms with van der Waals surface area (Å²) in [4.78, 5) is 0. The molecule has 8 N–H and O–H groups in total. The van der Waals surface area contributed by atoms with Crippen LogP contribution in [0.5, 0.6) is 69.0 Å². The van der Waals surface area contributed by atoms with Crippen LogP contribution in [-0.4, -0.2) is 142 Å². The van der Waals surface area contributed by atoms with Crippen LogP contribution in [0, 0.1) is 11.8 Å². The Morgan fingerprint density at radius 2 is 0.736 bits per heavy atom. The first kappa shape index (κ1) is 53.2. The van der Waals surface area contributed by atoms with Gasteiger partial charge >= 0.3 is 0 Å². The first-order chi connectivity index (χ1) is 34.8. The molecule has 390 valence electrons. The molecule has 20 nitrogen and oxygen atoms in total. The second-order valence-electron chi connectivity index (χ2n) is 17.0. The molecule has 0 spiro atoms. The molecule has 2 aliphatic rings. The molecule has 10 unspecified atom stereocenters. The van der Waals surface area contributed by atoms with Gasteiger partial charge in [0, 0.05) is 11.8 Å². The van der Waals surface area contributed by atoms with Crippen LogP contribution >= 0.6 is 0 Å². The average molecular weight is 1010 g/mol. The molecule has 0 radical (unpaired) electrons. The molecule has 0 bridgehead atoms. The Kier molecular flexibility index (Phi) is 17.5. The van der Waals surface area contributed by atoms with Gasteiger partial charge in [-0.15, -0.1) is 0 Å². The second kappa shape index (κ2) is 23.7. The van der Waals surface area contributed by atoms with Gasteiger partial charge < -0.3 is 97.7 Å².